The van der Waals surface area contributed by atoms with Gasteiger partial charge in [0.2, 0.25) is 12.7 Å². The number of ether oxygens (including phenoxy) is 2. The molecule has 1 unspecified atom stereocenters. The Bertz CT molecular complexity index is 716. The van der Waals surface area contributed by atoms with Gasteiger partial charge in [0.15, 0.2) is 11.5 Å². The second-order valence-corrected chi connectivity index (χ2v) is 6.81. The minimum absolute atomic E-state index is 0.0624. The Labute approximate surface area is 139 Å². The van der Waals surface area contributed by atoms with E-state index in [2.05, 4.69) is 10.3 Å². The lowest BCUT2D eigenvalue weighted by atomic mass is 10.2. The number of nitrogens with one attached hydrogen (secondary N) is 1. The first kappa shape index (κ1) is 15.8. The van der Waals surface area contributed by atoms with Crippen molar-refractivity contribution in [3.05, 3.63) is 34.3 Å². The number of carbonyl (C=O) groups excluding carboxylic acids is 1. The molecule has 6 nitrogen and oxygen atoms in total. The van der Waals surface area contributed by atoms with Crippen LogP contribution in [0.15, 0.2) is 24.4 Å². The van der Waals surface area contributed by atoms with E-state index < -0.39 is 0 Å². The van der Waals surface area contributed by atoms with Gasteiger partial charge in [0.1, 0.15) is 0 Å². The van der Waals surface area contributed by atoms with Crippen LogP contribution in [-0.4, -0.2) is 35.7 Å². The summed E-state index contributed by atoms with van der Waals surface area (Å²) in [7, 11) is 1.93. The van der Waals surface area contributed by atoms with Crippen molar-refractivity contribution in [1.82, 2.24) is 9.88 Å². The van der Waals surface area contributed by atoms with Crippen molar-refractivity contribution < 1.29 is 14.3 Å². The molecular formula is C16H19N3O3S. The number of carbonyl (C=O) groups is 1. The largest absolute Gasteiger partial charge is 0.454 e. The van der Waals surface area contributed by atoms with Crippen molar-refractivity contribution in [3.8, 4) is 11.5 Å². The van der Waals surface area contributed by atoms with Gasteiger partial charge >= 0.3 is 0 Å². The topological polar surface area (TPSA) is 63.7 Å². The molecule has 2 heterocycles. The minimum atomic E-state index is -0.261. The third-order valence-corrected chi connectivity index (χ3v) is 4.65. The molecule has 0 spiro atoms. The van der Waals surface area contributed by atoms with Gasteiger partial charge in [-0.1, -0.05) is 0 Å². The van der Waals surface area contributed by atoms with E-state index in [0.29, 0.717) is 23.7 Å². The molecule has 0 aliphatic carbocycles. The Hall–Kier alpha value is -2.12. The molecule has 3 rings (SSSR count). The predicted molar refractivity (Wildman–Crippen MR) is 89.0 cm³/mol. The number of thiazole rings is 1. The van der Waals surface area contributed by atoms with Gasteiger partial charge in [0.25, 0.3) is 0 Å². The first-order chi connectivity index (χ1) is 11.0. The van der Waals surface area contributed by atoms with Crippen molar-refractivity contribution in [2.45, 2.75) is 26.4 Å². The summed E-state index contributed by atoms with van der Waals surface area (Å²) in [4.78, 5) is 19.8. The molecule has 1 atom stereocenters. The van der Waals surface area contributed by atoms with Gasteiger partial charge in [-0.2, -0.15) is 0 Å². The van der Waals surface area contributed by atoms with Crippen LogP contribution in [0.25, 0.3) is 0 Å². The average Bonchev–Trinajstić information content (AvgIpc) is 3.14. The van der Waals surface area contributed by atoms with E-state index >= 15 is 0 Å². The zero-order valence-electron chi connectivity index (χ0n) is 13.3. The number of amides is 1. The second kappa shape index (κ2) is 6.55. The highest BCUT2D eigenvalue weighted by atomic mass is 32.1. The van der Waals surface area contributed by atoms with E-state index in [-0.39, 0.29) is 18.7 Å². The van der Waals surface area contributed by atoms with E-state index in [0.717, 1.165) is 9.88 Å². The molecule has 7 heteroatoms. The number of aromatic nitrogens is 1. The summed E-state index contributed by atoms with van der Waals surface area (Å²) in [5, 5.41) is 3.95. The van der Waals surface area contributed by atoms with Crippen molar-refractivity contribution in [2.75, 3.05) is 19.2 Å². The van der Waals surface area contributed by atoms with E-state index in [4.69, 9.17) is 9.47 Å². The Morgan fingerprint density at radius 1 is 1.43 bits per heavy atom. The van der Waals surface area contributed by atoms with Gasteiger partial charge < -0.3 is 14.8 Å². The highest BCUT2D eigenvalue weighted by Gasteiger charge is 2.20. The summed E-state index contributed by atoms with van der Waals surface area (Å²) in [6.07, 6.45) is 1.86. The Balaban J connectivity index is 1.60. The molecule has 23 heavy (non-hydrogen) atoms. The molecule has 1 aromatic heterocycles. The van der Waals surface area contributed by atoms with Crippen LogP contribution < -0.4 is 14.8 Å². The lowest BCUT2D eigenvalue weighted by molar-refractivity contribution is -0.120. The maximum atomic E-state index is 12.4. The number of hydrogen-bond acceptors (Lipinski definition) is 6. The molecule has 1 aliphatic heterocycles. The highest BCUT2D eigenvalue weighted by molar-refractivity contribution is 7.11. The maximum absolute atomic E-state index is 12.4. The van der Waals surface area contributed by atoms with Crippen molar-refractivity contribution in [3.63, 3.8) is 0 Å². The molecule has 1 amide bonds. The molecule has 1 aromatic carbocycles. The maximum Gasteiger partial charge on any atom is 0.241 e. The number of hydrogen-bond donors (Lipinski definition) is 1. The lowest BCUT2D eigenvalue weighted by Crippen LogP contribution is -2.39. The highest BCUT2D eigenvalue weighted by Crippen LogP contribution is 2.34. The van der Waals surface area contributed by atoms with Gasteiger partial charge in [-0.25, -0.2) is 4.98 Å². The van der Waals surface area contributed by atoms with E-state index in [9.17, 15) is 4.79 Å². The van der Waals surface area contributed by atoms with Crippen LogP contribution in [0.4, 0.5) is 5.69 Å². The quantitative estimate of drug-likeness (QED) is 0.911. The van der Waals surface area contributed by atoms with E-state index in [1.165, 1.54) is 0 Å². The van der Waals surface area contributed by atoms with Crippen LogP contribution in [0.2, 0.25) is 0 Å². The fourth-order valence-electron chi connectivity index (χ4n) is 2.28. The summed E-state index contributed by atoms with van der Waals surface area (Å²) in [6, 6.07) is 5.12. The Kier molecular flexibility index (Phi) is 4.49. The fourth-order valence-corrected chi connectivity index (χ4v) is 3.14. The monoisotopic (exact) mass is 333 g/mol. The van der Waals surface area contributed by atoms with Crippen LogP contribution in [0.1, 0.15) is 16.8 Å². The molecule has 2 aromatic rings. The third-order valence-electron chi connectivity index (χ3n) is 3.76. The first-order valence-corrected chi connectivity index (χ1v) is 8.16. The molecule has 1 aliphatic rings. The predicted octanol–water partition coefficient (Wildman–Crippen LogP) is 2.64. The van der Waals surface area contributed by atoms with Crippen molar-refractivity contribution >= 4 is 22.9 Å². The molecule has 0 fully saturated rings. The van der Waals surface area contributed by atoms with Crippen molar-refractivity contribution in [2.24, 2.45) is 0 Å². The normalized spacial score (nSPS) is 14.1. The smallest absolute Gasteiger partial charge is 0.241 e. The van der Waals surface area contributed by atoms with E-state index in [1.807, 2.05) is 38.1 Å². The molecule has 0 bridgehead atoms. The molecule has 1 N–H and O–H groups in total. The lowest BCUT2D eigenvalue weighted by Gasteiger charge is -2.23. The Morgan fingerprint density at radius 2 is 2.22 bits per heavy atom. The molecule has 0 radical (unpaired) electrons. The molecular weight excluding hydrogens is 314 g/mol. The zero-order chi connectivity index (χ0) is 16.4. The number of aryl methyl sites for hydroxylation is 1. The SMILES string of the molecule is Cc1ncc(CN(C)C(C)C(=O)Nc2ccc3c(c2)OCO3)s1. The first-order valence-electron chi connectivity index (χ1n) is 7.35. The standard InChI is InChI=1S/C16H19N3O3S/c1-10(19(3)8-13-7-17-11(2)23-13)16(20)18-12-4-5-14-15(6-12)22-9-21-14/h4-7,10H,8-9H2,1-3H3,(H,18,20). The summed E-state index contributed by atoms with van der Waals surface area (Å²) < 4.78 is 10.6. The number of anilines is 1. The summed E-state index contributed by atoms with van der Waals surface area (Å²) in [5.74, 6) is 1.30. The summed E-state index contributed by atoms with van der Waals surface area (Å²) >= 11 is 1.65. The summed E-state index contributed by atoms with van der Waals surface area (Å²) in [6.45, 7) is 4.78. The molecule has 0 saturated carbocycles. The van der Waals surface area contributed by atoms with E-state index in [1.54, 1.807) is 23.5 Å². The van der Waals surface area contributed by atoms with Crippen LogP contribution in [0.5, 0.6) is 11.5 Å². The minimum Gasteiger partial charge on any atom is -0.454 e. The van der Waals surface area contributed by atoms with Gasteiger partial charge in [0, 0.05) is 29.4 Å². The zero-order valence-corrected chi connectivity index (χ0v) is 14.1. The van der Waals surface area contributed by atoms with Gasteiger partial charge in [0.05, 0.1) is 11.0 Å². The Morgan fingerprint density at radius 3 is 2.96 bits per heavy atom. The van der Waals surface area contributed by atoms with Gasteiger partial charge in [-0.05, 0) is 33.0 Å². The van der Waals surface area contributed by atoms with Gasteiger partial charge in [-0.3, -0.25) is 9.69 Å². The van der Waals surface area contributed by atoms with Crippen LogP contribution in [0.3, 0.4) is 0 Å². The number of benzene rings is 1. The number of rotatable bonds is 5. The fraction of sp³-hybridized carbons (Fsp3) is 0.375. The average molecular weight is 333 g/mol. The van der Waals surface area contributed by atoms with Crippen LogP contribution in [0, 0.1) is 6.92 Å². The third kappa shape index (κ3) is 3.62. The molecule has 0 saturated heterocycles. The van der Waals surface area contributed by atoms with Crippen molar-refractivity contribution in [1.29, 1.82) is 0 Å². The van der Waals surface area contributed by atoms with Crippen LogP contribution in [-0.2, 0) is 11.3 Å². The summed E-state index contributed by atoms with van der Waals surface area (Å²) in [5.41, 5.74) is 0.702. The van der Waals surface area contributed by atoms with Gasteiger partial charge in [-0.15, -0.1) is 11.3 Å². The number of fused-ring (bicyclic) bond motifs is 1. The second-order valence-electron chi connectivity index (χ2n) is 5.49. The van der Waals surface area contributed by atoms with Crippen LogP contribution >= 0.6 is 11.3 Å². The number of nitrogens with zero attached hydrogens (tertiary/aromatic N) is 2. The molecule has 122 valence electrons. The number of likely N-dealkylation sites (N-methyl/N-ethyl adjacent to an activating group) is 1.